The third kappa shape index (κ3) is 1.49. The van der Waals surface area contributed by atoms with Crippen molar-refractivity contribution in [2.45, 2.75) is 37.1 Å². The van der Waals surface area contributed by atoms with Crippen molar-refractivity contribution >= 4 is 0 Å². The number of hydrogen-bond donors (Lipinski definition) is 1. The Labute approximate surface area is 109 Å². The highest BCUT2D eigenvalue weighted by Gasteiger charge is 2.45. The van der Waals surface area contributed by atoms with E-state index in [9.17, 15) is 0 Å². The van der Waals surface area contributed by atoms with Crippen LogP contribution in [-0.4, -0.2) is 31.1 Å². The van der Waals surface area contributed by atoms with E-state index < -0.39 is 0 Å². The molecule has 4 rings (SSSR count). The highest BCUT2D eigenvalue weighted by molar-refractivity contribution is 5.41. The summed E-state index contributed by atoms with van der Waals surface area (Å²) in [6, 6.07) is 9.87. The second-order valence-corrected chi connectivity index (χ2v) is 6.27. The molecule has 2 fully saturated rings. The van der Waals surface area contributed by atoms with Crippen LogP contribution in [0.3, 0.4) is 0 Å². The van der Waals surface area contributed by atoms with Gasteiger partial charge in [-0.15, -0.1) is 0 Å². The first-order valence-corrected chi connectivity index (χ1v) is 7.43. The van der Waals surface area contributed by atoms with Gasteiger partial charge >= 0.3 is 0 Å². The van der Waals surface area contributed by atoms with Crippen LogP contribution in [0, 0.1) is 0 Å². The zero-order valence-corrected chi connectivity index (χ0v) is 11.0. The fourth-order valence-electron chi connectivity index (χ4n) is 4.47. The fourth-order valence-corrected chi connectivity index (χ4v) is 4.47. The standard InChI is InChI=1S/C16H22N2/c1-2-6-14-13(5-1)15-11-17-9-10-18(15)12-16(14)7-3-4-8-16/h1-2,5-6,15,17H,3-4,7-12H2. The van der Waals surface area contributed by atoms with Crippen LogP contribution in [0.2, 0.25) is 0 Å². The molecule has 0 radical (unpaired) electrons. The van der Waals surface area contributed by atoms with E-state index in [1.807, 2.05) is 0 Å². The van der Waals surface area contributed by atoms with Crippen LogP contribution in [0.5, 0.6) is 0 Å². The predicted octanol–water partition coefficient (Wildman–Crippen LogP) is 2.46. The van der Waals surface area contributed by atoms with E-state index in [2.05, 4.69) is 34.5 Å². The topological polar surface area (TPSA) is 15.3 Å². The molecule has 0 bridgehead atoms. The highest BCUT2D eigenvalue weighted by Crippen LogP contribution is 2.48. The number of fused-ring (bicyclic) bond motifs is 4. The molecule has 1 aromatic carbocycles. The van der Waals surface area contributed by atoms with Gasteiger partial charge in [-0.05, 0) is 24.0 Å². The Morgan fingerprint density at radius 3 is 2.89 bits per heavy atom. The lowest BCUT2D eigenvalue weighted by Gasteiger charge is -2.49. The lowest BCUT2D eigenvalue weighted by Crippen LogP contribution is -2.54. The monoisotopic (exact) mass is 242 g/mol. The molecule has 1 N–H and O–H groups in total. The molecule has 3 aliphatic rings. The Morgan fingerprint density at radius 1 is 1.17 bits per heavy atom. The first kappa shape index (κ1) is 11.0. The Kier molecular flexibility index (Phi) is 2.49. The van der Waals surface area contributed by atoms with E-state index in [-0.39, 0.29) is 0 Å². The van der Waals surface area contributed by atoms with E-state index in [0.29, 0.717) is 11.5 Å². The van der Waals surface area contributed by atoms with E-state index in [4.69, 9.17) is 0 Å². The minimum absolute atomic E-state index is 0.491. The van der Waals surface area contributed by atoms with Crippen molar-refractivity contribution in [3.8, 4) is 0 Å². The van der Waals surface area contributed by atoms with Gasteiger partial charge in [0.05, 0.1) is 0 Å². The SMILES string of the molecule is c1ccc2c(c1)C1CNCCN1CC21CCCC1. The Balaban J connectivity index is 1.83. The molecule has 1 atom stereocenters. The molecule has 2 heteroatoms. The van der Waals surface area contributed by atoms with Crippen LogP contribution in [0.15, 0.2) is 24.3 Å². The molecule has 2 heterocycles. The average molecular weight is 242 g/mol. The van der Waals surface area contributed by atoms with Crippen LogP contribution in [-0.2, 0) is 5.41 Å². The van der Waals surface area contributed by atoms with Crippen molar-refractivity contribution in [3.05, 3.63) is 35.4 Å². The van der Waals surface area contributed by atoms with Gasteiger partial charge in [0.2, 0.25) is 0 Å². The summed E-state index contributed by atoms with van der Waals surface area (Å²) in [4.78, 5) is 2.74. The van der Waals surface area contributed by atoms with Gasteiger partial charge < -0.3 is 5.32 Å². The maximum Gasteiger partial charge on any atom is 0.0476 e. The highest BCUT2D eigenvalue weighted by atomic mass is 15.2. The summed E-state index contributed by atoms with van der Waals surface area (Å²) in [5.41, 5.74) is 3.77. The molecule has 0 aromatic heterocycles. The van der Waals surface area contributed by atoms with E-state index in [0.717, 1.165) is 13.1 Å². The van der Waals surface area contributed by atoms with Crippen molar-refractivity contribution in [2.24, 2.45) is 0 Å². The molecule has 1 aliphatic carbocycles. The molecule has 1 saturated heterocycles. The molecular formula is C16H22N2. The fraction of sp³-hybridized carbons (Fsp3) is 0.625. The summed E-state index contributed by atoms with van der Waals surface area (Å²) in [5.74, 6) is 0. The molecule has 1 spiro atoms. The lowest BCUT2D eigenvalue weighted by atomic mass is 9.71. The normalized spacial score (nSPS) is 30.1. The Bertz CT molecular complexity index is 448. The zero-order chi connectivity index (χ0) is 12.0. The largest absolute Gasteiger partial charge is 0.314 e. The van der Waals surface area contributed by atoms with Crippen molar-refractivity contribution in [3.63, 3.8) is 0 Å². The van der Waals surface area contributed by atoms with Crippen LogP contribution in [0.1, 0.15) is 42.9 Å². The first-order valence-electron chi connectivity index (χ1n) is 7.43. The number of nitrogens with one attached hydrogen (secondary N) is 1. The second kappa shape index (κ2) is 4.07. The van der Waals surface area contributed by atoms with Crippen LogP contribution in [0.4, 0.5) is 0 Å². The number of rotatable bonds is 0. The van der Waals surface area contributed by atoms with E-state index >= 15 is 0 Å². The van der Waals surface area contributed by atoms with Crippen LogP contribution >= 0.6 is 0 Å². The molecule has 18 heavy (non-hydrogen) atoms. The summed E-state index contributed by atoms with van der Waals surface area (Å²) >= 11 is 0. The molecule has 96 valence electrons. The van der Waals surface area contributed by atoms with Gasteiger partial charge in [-0.1, -0.05) is 37.1 Å². The van der Waals surface area contributed by atoms with Gasteiger partial charge in [0.25, 0.3) is 0 Å². The maximum absolute atomic E-state index is 3.56. The minimum atomic E-state index is 0.491. The summed E-state index contributed by atoms with van der Waals surface area (Å²) in [5, 5.41) is 3.56. The van der Waals surface area contributed by atoms with Crippen LogP contribution in [0.25, 0.3) is 0 Å². The molecular weight excluding hydrogens is 220 g/mol. The number of benzene rings is 1. The predicted molar refractivity (Wildman–Crippen MR) is 73.8 cm³/mol. The molecule has 2 nitrogen and oxygen atoms in total. The maximum atomic E-state index is 3.56. The van der Waals surface area contributed by atoms with E-state index in [1.165, 1.54) is 38.8 Å². The smallest absolute Gasteiger partial charge is 0.0476 e. The quantitative estimate of drug-likeness (QED) is 0.752. The van der Waals surface area contributed by atoms with Crippen molar-refractivity contribution in [2.75, 3.05) is 26.2 Å². The van der Waals surface area contributed by atoms with Crippen molar-refractivity contribution in [1.29, 1.82) is 0 Å². The van der Waals surface area contributed by atoms with Gasteiger partial charge in [-0.3, -0.25) is 4.90 Å². The third-order valence-electron chi connectivity index (χ3n) is 5.31. The Morgan fingerprint density at radius 2 is 2.00 bits per heavy atom. The lowest BCUT2D eigenvalue weighted by molar-refractivity contribution is 0.103. The molecule has 1 aromatic rings. The minimum Gasteiger partial charge on any atom is -0.314 e. The number of hydrogen-bond acceptors (Lipinski definition) is 2. The first-order chi connectivity index (χ1) is 8.89. The second-order valence-electron chi connectivity index (χ2n) is 6.27. The molecule has 1 unspecified atom stereocenters. The number of piperazine rings is 1. The molecule has 1 saturated carbocycles. The van der Waals surface area contributed by atoms with Gasteiger partial charge in [-0.2, -0.15) is 0 Å². The average Bonchev–Trinajstić information content (AvgIpc) is 2.89. The molecule has 2 aliphatic heterocycles. The van der Waals surface area contributed by atoms with E-state index in [1.54, 1.807) is 11.1 Å². The van der Waals surface area contributed by atoms with Gasteiger partial charge in [0, 0.05) is 37.6 Å². The molecule has 0 amide bonds. The van der Waals surface area contributed by atoms with Crippen molar-refractivity contribution < 1.29 is 0 Å². The Hall–Kier alpha value is -0.860. The van der Waals surface area contributed by atoms with Gasteiger partial charge in [-0.25, -0.2) is 0 Å². The summed E-state index contributed by atoms with van der Waals surface area (Å²) in [6.45, 7) is 4.82. The van der Waals surface area contributed by atoms with Gasteiger partial charge in [0.1, 0.15) is 0 Å². The summed E-state index contributed by atoms with van der Waals surface area (Å²) < 4.78 is 0. The van der Waals surface area contributed by atoms with Crippen LogP contribution < -0.4 is 5.32 Å². The third-order valence-corrected chi connectivity index (χ3v) is 5.31. The zero-order valence-electron chi connectivity index (χ0n) is 11.0. The summed E-state index contributed by atoms with van der Waals surface area (Å²) in [6.07, 6.45) is 5.65. The summed E-state index contributed by atoms with van der Waals surface area (Å²) in [7, 11) is 0. The van der Waals surface area contributed by atoms with Crippen molar-refractivity contribution in [1.82, 2.24) is 10.2 Å². The number of nitrogens with zero attached hydrogens (tertiary/aromatic N) is 1. The van der Waals surface area contributed by atoms with Gasteiger partial charge in [0.15, 0.2) is 0 Å².